The molecule has 110 valence electrons. The molecule has 7 nitrogen and oxygen atoms in total. The van der Waals surface area contributed by atoms with Gasteiger partial charge in [0.05, 0.1) is 18.6 Å². The van der Waals surface area contributed by atoms with E-state index in [0.29, 0.717) is 13.1 Å². The highest BCUT2D eigenvalue weighted by molar-refractivity contribution is 5.97. The Bertz CT molecular complexity index is 431. The van der Waals surface area contributed by atoms with E-state index in [0.717, 1.165) is 0 Å². The summed E-state index contributed by atoms with van der Waals surface area (Å²) in [5, 5.41) is 20.2. The lowest BCUT2D eigenvalue weighted by molar-refractivity contribution is -0.138. The molecular formula is C13H19N3O4. The van der Waals surface area contributed by atoms with Crippen molar-refractivity contribution < 1.29 is 19.4 Å². The largest absolute Gasteiger partial charge is 0.481 e. The van der Waals surface area contributed by atoms with E-state index >= 15 is 0 Å². The molecule has 0 aromatic carbocycles. The number of nitrogens with zero attached hydrogens (tertiary/aromatic N) is 2. The number of rotatable bonds is 5. The van der Waals surface area contributed by atoms with E-state index in [9.17, 15) is 9.59 Å². The van der Waals surface area contributed by atoms with Gasteiger partial charge in [0.1, 0.15) is 11.6 Å². The zero-order valence-electron chi connectivity index (χ0n) is 11.6. The Hall–Kier alpha value is -2.07. The number of hydrogen-bond donors (Lipinski definition) is 2. The van der Waals surface area contributed by atoms with Crippen molar-refractivity contribution in [3.8, 4) is 6.07 Å². The Morgan fingerprint density at radius 3 is 2.55 bits per heavy atom. The van der Waals surface area contributed by atoms with Gasteiger partial charge in [0.25, 0.3) is 5.91 Å². The zero-order chi connectivity index (χ0) is 15.1. The quantitative estimate of drug-likeness (QED) is 0.421. The van der Waals surface area contributed by atoms with E-state index in [1.54, 1.807) is 4.90 Å². The van der Waals surface area contributed by atoms with Crippen LogP contribution in [-0.4, -0.2) is 53.7 Å². The summed E-state index contributed by atoms with van der Waals surface area (Å²) >= 11 is 0. The predicted molar refractivity (Wildman–Crippen MR) is 70.5 cm³/mol. The molecule has 0 bridgehead atoms. The van der Waals surface area contributed by atoms with Crippen molar-refractivity contribution in [1.82, 2.24) is 10.2 Å². The van der Waals surface area contributed by atoms with Crippen molar-refractivity contribution in [2.75, 3.05) is 19.6 Å². The minimum absolute atomic E-state index is 0.0308. The first-order valence-corrected chi connectivity index (χ1v) is 6.44. The van der Waals surface area contributed by atoms with Crippen molar-refractivity contribution in [2.24, 2.45) is 0 Å². The van der Waals surface area contributed by atoms with Crippen molar-refractivity contribution in [3.05, 3.63) is 11.8 Å². The summed E-state index contributed by atoms with van der Waals surface area (Å²) in [6.07, 6.45) is 1.07. The normalized spacial score (nSPS) is 23.1. The van der Waals surface area contributed by atoms with Crippen LogP contribution in [0.25, 0.3) is 0 Å². The molecule has 1 fully saturated rings. The molecule has 0 radical (unpaired) electrons. The average Bonchev–Trinajstić information content (AvgIpc) is 2.36. The second kappa shape index (κ2) is 7.50. The highest BCUT2D eigenvalue weighted by Crippen LogP contribution is 2.13. The number of carboxylic acids is 1. The molecule has 1 aliphatic heterocycles. The topological polar surface area (TPSA) is 103 Å². The van der Waals surface area contributed by atoms with Gasteiger partial charge in [0.2, 0.25) is 0 Å². The molecule has 1 saturated heterocycles. The van der Waals surface area contributed by atoms with Crippen LogP contribution < -0.4 is 5.32 Å². The molecular weight excluding hydrogens is 262 g/mol. The third-order valence-corrected chi connectivity index (χ3v) is 2.79. The summed E-state index contributed by atoms with van der Waals surface area (Å²) in [4.78, 5) is 24.1. The molecule has 0 saturated carbocycles. The number of carbonyl (C=O) groups excluding carboxylic acids is 1. The van der Waals surface area contributed by atoms with Crippen molar-refractivity contribution >= 4 is 11.9 Å². The summed E-state index contributed by atoms with van der Waals surface area (Å²) < 4.78 is 5.53. The SMILES string of the molecule is CC1CN(C(=O)/C(C#N)=C\NCCC(=O)O)CC(C)O1. The zero-order valence-corrected chi connectivity index (χ0v) is 11.6. The standard InChI is InChI=1S/C13H19N3O4/c1-9-7-16(8-10(2)20-9)13(19)11(5-14)6-15-4-3-12(17)18/h6,9-10,15H,3-4,7-8H2,1-2H3,(H,17,18)/b11-6-. The van der Waals surface area contributed by atoms with Crippen molar-refractivity contribution in [1.29, 1.82) is 5.26 Å². The van der Waals surface area contributed by atoms with E-state index in [4.69, 9.17) is 15.1 Å². The number of hydrogen-bond acceptors (Lipinski definition) is 5. The van der Waals surface area contributed by atoms with Crippen LogP contribution in [0.15, 0.2) is 11.8 Å². The highest BCUT2D eigenvalue weighted by atomic mass is 16.5. The maximum absolute atomic E-state index is 12.2. The predicted octanol–water partition coefficient (Wildman–Crippen LogP) is 0.0940. The lowest BCUT2D eigenvalue weighted by Crippen LogP contribution is -2.48. The molecule has 20 heavy (non-hydrogen) atoms. The van der Waals surface area contributed by atoms with Gasteiger partial charge in [-0.25, -0.2) is 0 Å². The Kier molecular flexibility index (Phi) is 6.00. The van der Waals surface area contributed by atoms with Crippen LogP contribution in [-0.2, 0) is 14.3 Å². The molecule has 2 N–H and O–H groups in total. The number of amides is 1. The Morgan fingerprint density at radius 1 is 1.45 bits per heavy atom. The fourth-order valence-corrected chi connectivity index (χ4v) is 2.01. The van der Waals surface area contributed by atoms with Crippen LogP contribution in [0.1, 0.15) is 20.3 Å². The molecule has 0 aliphatic carbocycles. The second-order valence-corrected chi connectivity index (χ2v) is 4.74. The molecule has 0 spiro atoms. The van der Waals surface area contributed by atoms with E-state index in [1.165, 1.54) is 6.20 Å². The summed E-state index contributed by atoms with van der Waals surface area (Å²) in [6, 6.07) is 1.84. The molecule has 0 aromatic heterocycles. The fourth-order valence-electron chi connectivity index (χ4n) is 2.01. The van der Waals surface area contributed by atoms with Gasteiger partial charge in [-0.05, 0) is 13.8 Å². The summed E-state index contributed by atoms with van der Waals surface area (Å²) in [6.45, 7) is 4.80. The van der Waals surface area contributed by atoms with Crippen LogP contribution in [0.4, 0.5) is 0 Å². The molecule has 1 heterocycles. The van der Waals surface area contributed by atoms with E-state index in [2.05, 4.69) is 5.32 Å². The number of aliphatic carboxylic acids is 1. The van der Waals surface area contributed by atoms with Gasteiger partial charge in [-0.2, -0.15) is 5.26 Å². The van der Waals surface area contributed by atoms with E-state index < -0.39 is 5.97 Å². The summed E-state index contributed by atoms with van der Waals surface area (Å²) in [5.74, 6) is -1.30. The second-order valence-electron chi connectivity index (χ2n) is 4.74. The Morgan fingerprint density at radius 2 is 2.05 bits per heavy atom. The van der Waals surface area contributed by atoms with Gasteiger partial charge >= 0.3 is 5.97 Å². The van der Waals surface area contributed by atoms with Crippen molar-refractivity contribution in [2.45, 2.75) is 32.5 Å². The Labute approximate surface area is 117 Å². The molecule has 1 aliphatic rings. The Balaban J connectivity index is 2.60. The van der Waals surface area contributed by atoms with Crippen LogP contribution in [0.3, 0.4) is 0 Å². The van der Waals surface area contributed by atoms with Gasteiger partial charge in [0, 0.05) is 25.8 Å². The highest BCUT2D eigenvalue weighted by Gasteiger charge is 2.27. The minimum atomic E-state index is -0.938. The van der Waals surface area contributed by atoms with Gasteiger partial charge in [-0.15, -0.1) is 0 Å². The van der Waals surface area contributed by atoms with Gasteiger partial charge < -0.3 is 20.1 Å². The molecule has 2 unspecified atom stereocenters. The maximum atomic E-state index is 12.2. The van der Waals surface area contributed by atoms with Gasteiger partial charge in [0.15, 0.2) is 0 Å². The number of carboxylic acid groups (broad SMARTS) is 1. The van der Waals surface area contributed by atoms with E-state index in [1.807, 2.05) is 19.9 Å². The summed E-state index contributed by atoms with van der Waals surface area (Å²) in [5.41, 5.74) is -0.0308. The number of nitrogens with one attached hydrogen (secondary N) is 1. The minimum Gasteiger partial charge on any atom is -0.481 e. The molecule has 2 atom stereocenters. The number of ether oxygens (including phenoxy) is 1. The maximum Gasteiger partial charge on any atom is 0.305 e. The molecule has 0 aromatic rings. The van der Waals surface area contributed by atoms with Crippen molar-refractivity contribution in [3.63, 3.8) is 0 Å². The van der Waals surface area contributed by atoms with Crippen LogP contribution in [0, 0.1) is 11.3 Å². The first-order chi connectivity index (χ1) is 9.43. The molecule has 1 rings (SSSR count). The third kappa shape index (κ3) is 4.90. The monoisotopic (exact) mass is 281 g/mol. The van der Waals surface area contributed by atoms with E-state index in [-0.39, 0.29) is 36.7 Å². The number of morpholine rings is 1. The third-order valence-electron chi connectivity index (χ3n) is 2.79. The van der Waals surface area contributed by atoms with Gasteiger partial charge in [-0.1, -0.05) is 0 Å². The first kappa shape index (κ1) is 16.0. The average molecular weight is 281 g/mol. The molecule has 7 heteroatoms. The fraction of sp³-hybridized carbons (Fsp3) is 0.615. The van der Waals surface area contributed by atoms with Gasteiger partial charge in [-0.3, -0.25) is 9.59 Å². The number of nitriles is 1. The lowest BCUT2D eigenvalue weighted by atomic mass is 10.2. The van der Waals surface area contributed by atoms with Crippen LogP contribution in [0.5, 0.6) is 0 Å². The molecule has 1 amide bonds. The summed E-state index contributed by atoms with van der Waals surface area (Å²) in [7, 11) is 0. The van der Waals surface area contributed by atoms with Crippen LogP contribution in [0.2, 0.25) is 0 Å². The first-order valence-electron chi connectivity index (χ1n) is 6.44. The van der Waals surface area contributed by atoms with Crippen LogP contribution >= 0.6 is 0 Å². The smallest absolute Gasteiger partial charge is 0.305 e. The number of carbonyl (C=O) groups is 2. The lowest BCUT2D eigenvalue weighted by Gasteiger charge is -2.35.